The second kappa shape index (κ2) is 8.35. The number of benzene rings is 2. The normalized spacial score (nSPS) is 11.6. The van der Waals surface area contributed by atoms with Gasteiger partial charge in [-0.3, -0.25) is 14.4 Å². The summed E-state index contributed by atoms with van der Waals surface area (Å²) in [5.74, 6) is -2.03. The Balaban J connectivity index is 1.89. The molecule has 1 aromatic heterocycles. The average Bonchev–Trinajstić information content (AvgIpc) is 3.10. The minimum Gasteiger partial charge on any atom is -0.463 e. The number of amides is 2. The lowest BCUT2D eigenvalue weighted by Crippen LogP contribution is -2.47. The smallest absolute Gasteiger partial charge is 0.287 e. The maximum atomic E-state index is 13.0. The van der Waals surface area contributed by atoms with Gasteiger partial charge in [-0.25, -0.2) is 0 Å². The van der Waals surface area contributed by atoms with E-state index in [1.807, 2.05) is 60.7 Å². The number of furan rings is 1. The Kier molecular flexibility index (Phi) is 5.69. The Morgan fingerprint density at radius 2 is 1.61 bits per heavy atom. The molecule has 3 N–H and O–H groups in total. The van der Waals surface area contributed by atoms with Crippen LogP contribution in [0.25, 0.3) is 11.3 Å². The Hall–Kier alpha value is -3.67. The summed E-state index contributed by atoms with van der Waals surface area (Å²) in [5, 5.41) is 2.65. The van der Waals surface area contributed by atoms with Crippen LogP contribution in [-0.2, 0) is 16.0 Å². The summed E-state index contributed by atoms with van der Waals surface area (Å²) in [7, 11) is 0. The van der Waals surface area contributed by atoms with Crippen LogP contribution < -0.4 is 11.1 Å². The molecule has 1 atom stereocenters. The number of hydrogen-bond donors (Lipinski definition) is 2. The fourth-order valence-corrected chi connectivity index (χ4v) is 2.99. The highest BCUT2D eigenvalue weighted by Crippen LogP contribution is 2.28. The molecule has 1 heterocycles. The number of hydrogen-bond acceptors (Lipinski definition) is 4. The van der Waals surface area contributed by atoms with Gasteiger partial charge in [0.2, 0.25) is 5.78 Å². The van der Waals surface area contributed by atoms with Crippen molar-refractivity contribution in [1.29, 1.82) is 0 Å². The van der Waals surface area contributed by atoms with E-state index in [1.165, 1.54) is 6.26 Å². The van der Waals surface area contributed by atoms with Gasteiger partial charge < -0.3 is 15.5 Å². The van der Waals surface area contributed by atoms with Crippen LogP contribution in [0.3, 0.4) is 0 Å². The molecule has 142 valence electrons. The van der Waals surface area contributed by atoms with Crippen molar-refractivity contribution in [2.24, 2.45) is 5.73 Å². The van der Waals surface area contributed by atoms with Crippen LogP contribution in [0.2, 0.25) is 0 Å². The van der Waals surface area contributed by atoms with Gasteiger partial charge in [-0.15, -0.1) is 0 Å². The molecule has 3 rings (SSSR count). The summed E-state index contributed by atoms with van der Waals surface area (Å²) in [5.41, 5.74) is 7.66. The second-order valence-electron chi connectivity index (χ2n) is 6.43. The molecule has 0 bridgehead atoms. The maximum absolute atomic E-state index is 13.0. The van der Waals surface area contributed by atoms with E-state index in [1.54, 1.807) is 6.92 Å². The lowest BCUT2D eigenvalue weighted by Gasteiger charge is -2.17. The van der Waals surface area contributed by atoms with Crippen LogP contribution in [-0.4, -0.2) is 23.6 Å². The number of nitrogens with one attached hydrogen (secondary N) is 1. The van der Waals surface area contributed by atoms with E-state index in [2.05, 4.69) is 5.32 Å². The Morgan fingerprint density at radius 3 is 2.21 bits per heavy atom. The lowest BCUT2D eigenvalue weighted by molar-refractivity contribution is -0.137. The zero-order valence-electron chi connectivity index (χ0n) is 15.3. The molecular weight excluding hydrogens is 356 g/mol. The highest BCUT2D eigenvalue weighted by molar-refractivity contribution is 6.38. The molecule has 0 saturated carbocycles. The first kappa shape index (κ1) is 19.1. The molecule has 3 aromatic rings. The topological polar surface area (TPSA) is 102 Å². The number of nitrogens with two attached hydrogens (primary N) is 1. The van der Waals surface area contributed by atoms with Gasteiger partial charge >= 0.3 is 0 Å². The number of ketones is 1. The molecule has 0 saturated heterocycles. The molecule has 0 spiro atoms. The van der Waals surface area contributed by atoms with Crippen molar-refractivity contribution in [2.45, 2.75) is 19.4 Å². The first-order chi connectivity index (χ1) is 13.5. The molecule has 6 heteroatoms. The molecule has 0 radical (unpaired) electrons. The van der Waals surface area contributed by atoms with Crippen molar-refractivity contribution in [2.75, 3.05) is 0 Å². The predicted octanol–water partition coefficient (Wildman–Crippen LogP) is 2.65. The Morgan fingerprint density at radius 1 is 1.00 bits per heavy atom. The molecule has 2 aromatic carbocycles. The molecule has 0 aliphatic heterocycles. The zero-order valence-corrected chi connectivity index (χ0v) is 15.3. The highest BCUT2D eigenvalue weighted by Gasteiger charge is 2.28. The quantitative estimate of drug-likeness (QED) is 0.619. The first-order valence-corrected chi connectivity index (χ1v) is 8.79. The summed E-state index contributed by atoms with van der Waals surface area (Å²) < 4.78 is 5.57. The Bertz CT molecular complexity index is 994. The summed E-state index contributed by atoms with van der Waals surface area (Å²) in [6, 6.07) is 17.2. The number of rotatable bonds is 7. The fraction of sp³-hybridized carbons (Fsp3) is 0.136. The van der Waals surface area contributed by atoms with Crippen molar-refractivity contribution >= 4 is 17.6 Å². The summed E-state index contributed by atoms with van der Waals surface area (Å²) in [4.78, 5) is 36.7. The monoisotopic (exact) mass is 376 g/mol. The number of aryl methyl sites for hydroxylation is 1. The van der Waals surface area contributed by atoms with Gasteiger partial charge in [-0.2, -0.15) is 0 Å². The lowest BCUT2D eigenvalue weighted by atomic mass is 10.00. The van der Waals surface area contributed by atoms with Crippen LogP contribution in [0.15, 0.2) is 71.3 Å². The minimum atomic E-state index is -1.09. The van der Waals surface area contributed by atoms with Crippen molar-refractivity contribution in [1.82, 2.24) is 5.32 Å². The van der Waals surface area contributed by atoms with Crippen molar-refractivity contribution in [3.05, 3.63) is 83.6 Å². The summed E-state index contributed by atoms with van der Waals surface area (Å²) in [6.07, 6.45) is 1.64. The number of carbonyl (C=O) groups is 3. The summed E-state index contributed by atoms with van der Waals surface area (Å²) in [6.45, 7) is 1.74. The largest absolute Gasteiger partial charge is 0.463 e. The van der Waals surface area contributed by atoms with E-state index < -0.39 is 23.6 Å². The van der Waals surface area contributed by atoms with Gasteiger partial charge in [-0.1, -0.05) is 60.7 Å². The van der Waals surface area contributed by atoms with Gasteiger partial charge in [0.15, 0.2) is 0 Å². The highest BCUT2D eigenvalue weighted by atomic mass is 16.3. The van der Waals surface area contributed by atoms with E-state index in [0.717, 1.165) is 11.1 Å². The summed E-state index contributed by atoms with van der Waals surface area (Å²) >= 11 is 0. The molecule has 28 heavy (non-hydrogen) atoms. The van der Waals surface area contributed by atoms with Gasteiger partial charge in [0, 0.05) is 17.5 Å². The molecule has 1 unspecified atom stereocenters. The van der Waals surface area contributed by atoms with Gasteiger partial charge in [0.05, 0.1) is 11.8 Å². The van der Waals surface area contributed by atoms with Crippen LogP contribution in [0.5, 0.6) is 0 Å². The molecule has 2 amide bonds. The van der Waals surface area contributed by atoms with E-state index in [4.69, 9.17) is 10.2 Å². The first-order valence-electron chi connectivity index (χ1n) is 8.79. The maximum Gasteiger partial charge on any atom is 0.287 e. The number of primary amides is 1. The second-order valence-corrected chi connectivity index (χ2v) is 6.43. The average molecular weight is 376 g/mol. The van der Waals surface area contributed by atoms with Gasteiger partial charge in [0.25, 0.3) is 11.8 Å². The van der Waals surface area contributed by atoms with Crippen molar-refractivity contribution in [3.8, 4) is 11.3 Å². The van der Waals surface area contributed by atoms with Crippen LogP contribution in [0.1, 0.15) is 21.5 Å². The number of carbonyl (C=O) groups excluding carboxylic acids is 3. The van der Waals surface area contributed by atoms with E-state index in [9.17, 15) is 14.4 Å². The van der Waals surface area contributed by atoms with Gasteiger partial charge in [0.1, 0.15) is 11.8 Å². The third-order valence-electron chi connectivity index (χ3n) is 4.39. The third-order valence-corrected chi connectivity index (χ3v) is 4.39. The SMILES string of the molecule is Cc1coc(-c2ccccc2)c1C(=O)NC(Cc1ccccc1)C(=O)C(N)=O. The van der Waals surface area contributed by atoms with Crippen molar-refractivity contribution in [3.63, 3.8) is 0 Å². The molecule has 6 nitrogen and oxygen atoms in total. The predicted molar refractivity (Wildman–Crippen MR) is 104 cm³/mol. The van der Waals surface area contributed by atoms with Crippen molar-refractivity contribution < 1.29 is 18.8 Å². The van der Waals surface area contributed by atoms with Crippen LogP contribution >= 0.6 is 0 Å². The molecule has 0 aliphatic rings. The minimum absolute atomic E-state index is 0.159. The molecule has 0 aliphatic carbocycles. The molecule has 0 fully saturated rings. The van der Waals surface area contributed by atoms with Crippen LogP contribution in [0.4, 0.5) is 0 Å². The van der Waals surface area contributed by atoms with E-state index in [-0.39, 0.29) is 6.42 Å². The zero-order chi connectivity index (χ0) is 20.1. The van der Waals surface area contributed by atoms with E-state index in [0.29, 0.717) is 16.9 Å². The standard InChI is InChI=1S/C22H20N2O4/c1-14-13-28-20(16-10-6-3-7-11-16)18(14)22(27)24-17(19(25)21(23)26)12-15-8-4-2-5-9-15/h2-11,13,17H,12H2,1H3,(H2,23,26)(H,24,27). The number of Topliss-reactive ketones (excluding diaryl/α,β-unsaturated/α-hetero) is 1. The van der Waals surface area contributed by atoms with Gasteiger partial charge in [-0.05, 0) is 12.5 Å². The fourth-order valence-electron chi connectivity index (χ4n) is 2.99. The third kappa shape index (κ3) is 4.17. The van der Waals surface area contributed by atoms with E-state index >= 15 is 0 Å². The Labute approximate surface area is 162 Å². The molecular formula is C22H20N2O4. The van der Waals surface area contributed by atoms with Crippen LogP contribution in [0, 0.1) is 6.92 Å².